The van der Waals surface area contributed by atoms with Crippen LogP contribution in [0.15, 0.2) is 42.7 Å². The van der Waals surface area contributed by atoms with E-state index in [0.29, 0.717) is 0 Å². The Labute approximate surface area is 103 Å². The molecule has 3 aromatic rings. The molecule has 1 aromatic carbocycles. The predicted octanol–water partition coefficient (Wildman–Crippen LogP) is 4.39. The van der Waals surface area contributed by atoms with Gasteiger partial charge in [-0.3, -0.25) is 4.98 Å². The molecule has 0 atom stereocenters. The van der Waals surface area contributed by atoms with E-state index >= 15 is 0 Å². The molecule has 3 rings (SSSR count). The van der Waals surface area contributed by atoms with Crippen molar-refractivity contribution in [1.29, 1.82) is 0 Å². The number of hydrogen-bond donors (Lipinski definition) is 0. The van der Waals surface area contributed by atoms with E-state index < -0.39 is 0 Å². The molecule has 0 bridgehead atoms. The lowest BCUT2D eigenvalue weighted by Gasteiger charge is -1.95. The average Bonchev–Trinajstić information content (AvgIpc) is 2.67. The molecule has 0 aliphatic rings. The molecule has 0 saturated carbocycles. The smallest absolute Gasteiger partial charge is 0.0519 e. The Bertz CT molecular complexity index is 555. The molecule has 0 unspecified atom stereocenters. The number of rotatable bonds is 0. The molecule has 2 heterocycles. The second kappa shape index (κ2) is 5.48. The van der Waals surface area contributed by atoms with Gasteiger partial charge in [-0.1, -0.05) is 39.5 Å². The molecule has 90 valence electrons. The van der Waals surface area contributed by atoms with Gasteiger partial charge in [0.2, 0.25) is 0 Å². The van der Waals surface area contributed by atoms with Gasteiger partial charge in [0.1, 0.15) is 0 Å². The second-order valence-corrected chi connectivity index (χ2v) is 3.47. The summed E-state index contributed by atoms with van der Waals surface area (Å²) >= 11 is 0. The Hall–Kier alpha value is -1.83. The first-order valence-corrected chi connectivity index (χ1v) is 5.65. The summed E-state index contributed by atoms with van der Waals surface area (Å²) in [4.78, 5) is 4.16. The molecule has 0 amide bonds. The zero-order chi connectivity index (χ0) is 11.5. The van der Waals surface area contributed by atoms with Crippen LogP contribution in [0.2, 0.25) is 0 Å². The van der Waals surface area contributed by atoms with Gasteiger partial charge >= 0.3 is 0 Å². The minimum Gasteiger partial charge on any atom is -0.344 e. The van der Waals surface area contributed by atoms with E-state index in [1.165, 1.54) is 21.8 Å². The number of pyridine rings is 1. The molecule has 17 heavy (non-hydrogen) atoms. The summed E-state index contributed by atoms with van der Waals surface area (Å²) in [7, 11) is 2.09. The van der Waals surface area contributed by atoms with E-state index in [1.807, 2.05) is 26.2 Å². The van der Waals surface area contributed by atoms with Crippen molar-refractivity contribution in [2.24, 2.45) is 7.05 Å². The number of aromatic nitrogens is 2. The lowest BCUT2D eigenvalue weighted by Crippen LogP contribution is -1.85. The van der Waals surface area contributed by atoms with Crippen LogP contribution in [0.5, 0.6) is 0 Å². The fourth-order valence-corrected chi connectivity index (χ4v) is 2.01. The van der Waals surface area contributed by atoms with E-state index in [0.717, 1.165) is 0 Å². The van der Waals surface area contributed by atoms with Crippen molar-refractivity contribution in [3.05, 3.63) is 42.7 Å². The number of nitrogens with zero attached hydrogens (tertiary/aromatic N) is 2. The Kier molecular flexibility index (Phi) is 4.27. The molecule has 2 heteroatoms. The fourth-order valence-electron chi connectivity index (χ4n) is 2.01. The summed E-state index contributed by atoms with van der Waals surface area (Å²) in [5, 5.41) is 2.50. The van der Waals surface area contributed by atoms with Crippen molar-refractivity contribution in [2.45, 2.75) is 21.3 Å². The summed E-state index contributed by atoms with van der Waals surface area (Å²) in [6, 6.07) is 10.5. The van der Waals surface area contributed by atoms with Crippen LogP contribution in [-0.4, -0.2) is 9.55 Å². The topological polar surface area (TPSA) is 17.8 Å². The summed E-state index contributed by atoms with van der Waals surface area (Å²) in [6.07, 6.45) is 3.76. The maximum atomic E-state index is 4.16. The molecule has 0 saturated heterocycles. The van der Waals surface area contributed by atoms with Crippen molar-refractivity contribution in [3.63, 3.8) is 0 Å². The van der Waals surface area contributed by atoms with Crippen LogP contribution < -0.4 is 0 Å². The highest BCUT2D eigenvalue weighted by Crippen LogP contribution is 2.26. The largest absolute Gasteiger partial charge is 0.344 e. The van der Waals surface area contributed by atoms with Gasteiger partial charge in [0, 0.05) is 35.7 Å². The van der Waals surface area contributed by atoms with Gasteiger partial charge in [0.25, 0.3) is 0 Å². The third-order valence-corrected chi connectivity index (χ3v) is 2.71. The molecular formula is C15H20N2. The molecule has 0 spiro atoms. The zero-order valence-electron chi connectivity index (χ0n) is 9.94. The van der Waals surface area contributed by atoms with Gasteiger partial charge in [-0.05, 0) is 12.1 Å². The first kappa shape index (κ1) is 13.2. The minimum atomic E-state index is 0. The van der Waals surface area contributed by atoms with E-state index in [1.54, 1.807) is 0 Å². The lowest BCUT2D eigenvalue weighted by molar-refractivity contribution is 1.01. The molecular weight excluding hydrogens is 208 g/mol. The SMILES string of the molecule is C.CC.Cn1c2ccccc2c2cnccc21. The summed E-state index contributed by atoms with van der Waals surface area (Å²) in [6.45, 7) is 4.00. The molecule has 0 radical (unpaired) electrons. The van der Waals surface area contributed by atoms with Crippen LogP contribution in [0, 0.1) is 0 Å². The highest BCUT2D eigenvalue weighted by atomic mass is 14.9. The molecule has 0 fully saturated rings. The van der Waals surface area contributed by atoms with Crippen LogP contribution in [-0.2, 0) is 7.05 Å². The van der Waals surface area contributed by atoms with Crippen LogP contribution in [0.1, 0.15) is 21.3 Å². The maximum Gasteiger partial charge on any atom is 0.0519 e. The van der Waals surface area contributed by atoms with Gasteiger partial charge in [0.15, 0.2) is 0 Å². The Balaban J connectivity index is 0.000000459. The van der Waals surface area contributed by atoms with Gasteiger partial charge < -0.3 is 4.57 Å². The van der Waals surface area contributed by atoms with Crippen LogP contribution in [0.3, 0.4) is 0 Å². The van der Waals surface area contributed by atoms with Crippen LogP contribution >= 0.6 is 0 Å². The third-order valence-electron chi connectivity index (χ3n) is 2.71. The van der Waals surface area contributed by atoms with Crippen molar-refractivity contribution in [1.82, 2.24) is 9.55 Å². The first-order chi connectivity index (χ1) is 7.88. The minimum absolute atomic E-state index is 0. The summed E-state index contributed by atoms with van der Waals surface area (Å²) in [5.41, 5.74) is 2.50. The fraction of sp³-hybridized carbons (Fsp3) is 0.267. The molecule has 0 aliphatic heterocycles. The number of benzene rings is 1. The quantitative estimate of drug-likeness (QED) is 0.558. The van der Waals surface area contributed by atoms with Crippen LogP contribution in [0.25, 0.3) is 21.8 Å². The van der Waals surface area contributed by atoms with E-state index in [4.69, 9.17) is 0 Å². The Morgan fingerprint density at radius 1 is 0.941 bits per heavy atom. The Morgan fingerprint density at radius 3 is 2.35 bits per heavy atom. The van der Waals surface area contributed by atoms with Gasteiger partial charge in [0.05, 0.1) is 5.52 Å². The Morgan fingerprint density at radius 2 is 1.59 bits per heavy atom. The zero-order valence-corrected chi connectivity index (χ0v) is 9.94. The highest BCUT2D eigenvalue weighted by molar-refractivity contribution is 6.07. The van der Waals surface area contributed by atoms with Gasteiger partial charge in [-0.15, -0.1) is 0 Å². The highest BCUT2D eigenvalue weighted by Gasteiger charge is 2.05. The van der Waals surface area contributed by atoms with Gasteiger partial charge in [-0.2, -0.15) is 0 Å². The summed E-state index contributed by atoms with van der Waals surface area (Å²) < 4.78 is 2.20. The maximum absolute atomic E-state index is 4.16. The van der Waals surface area contributed by atoms with Gasteiger partial charge in [-0.25, -0.2) is 0 Å². The monoisotopic (exact) mass is 228 g/mol. The van der Waals surface area contributed by atoms with E-state index in [2.05, 4.69) is 46.9 Å². The predicted molar refractivity (Wildman–Crippen MR) is 76.3 cm³/mol. The second-order valence-electron chi connectivity index (χ2n) is 3.47. The number of hydrogen-bond acceptors (Lipinski definition) is 1. The number of para-hydroxylation sites is 1. The number of aryl methyl sites for hydroxylation is 1. The average molecular weight is 228 g/mol. The van der Waals surface area contributed by atoms with E-state index in [9.17, 15) is 0 Å². The standard InChI is InChI=1S/C12H10N2.C2H6.CH4/c1-14-11-5-3-2-4-9(11)10-8-13-7-6-12(10)14;1-2;/h2-8H,1H3;1-2H3;1H4. The van der Waals surface area contributed by atoms with Crippen molar-refractivity contribution >= 4 is 21.8 Å². The molecule has 0 aliphatic carbocycles. The molecule has 0 N–H and O–H groups in total. The summed E-state index contributed by atoms with van der Waals surface area (Å²) in [5.74, 6) is 0. The first-order valence-electron chi connectivity index (χ1n) is 5.65. The van der Waals surface area contributed by atoms with Crippen molar-refractivity contribution in [3.8, 4) is 0 Å². The van der Waals surface area contributed by atoms with E-state index in [-0.39, 0.29) is 7.43 Å². The van der Waals surface area contributed by atoms with Crippen LogP contribution in [0.4, 0.5) is 0 Å². The normalized spacial score (nSPS) is 9.59. The molecule has 2 aromatic heterocycles. The number of fused-ring (bicyclic) bond motifs is 3. The molecule has 2 nitrogen and oxygen atoms in total. The lowest BCUT2D eigenvalue weighted by atomic mass is 10.2. The van der Waals surface area contributed by atoms with Crippen molar-refractivity contribution in [2.75, 3.05) is 0 Å². The van der Waals surface area contributed by atoms with Crippen molar-refractivity contribution < 1.29 is 0 Å². The third kappa shape index (κ3) is 2.03.